The standard InChI is InChI=1S/C16H14ClO3S/c1-2-8-20-12-7-9-21(17)16-13(12)14(18)10-5-3-4-6-11(10)15(16)19/h3-7H,2,8-9H2,1H3/q+1. The van der Waals surface area contributed by atoms with E-state index >= 15 is 0 Å². The van der Waals surface area contributed by atoms with Crippen LogP contribution in [0.2, 0.25) is 0 Å². The Balaban J connectivity index is 2.13. The van der Waals surface area contributed by atoms with E-state index in [2.05, 4.69) is 0 Å². The number of hydrogen-bond acceptors (Lipinski definition) is 3. The molecule has 0 amide bonds. The first-order valence-electron chi connectivity index (χ1n) is 6.78. The molecule has 0 radical (unpaired) electrons. The average molecular weight is 322 g/mol. The van der Waals surface area contributed by atoms with Gasteiger partial charge >= 0.3 is 0 Å². The van der Waals surface area contributed by atoms with Crippen LogP contribution >= 0.6 is 10.7 Å². The number of halogens is 1. The summed E-state index contributed by atoms with van der Waals surface area (Å²) in [6.07, 6.45) is 2.66. The monoisotopic (exact) mass is 321 g/mol. The molecule has 21 heavy (non-hydrogen) atoms. The molecule has 3 nitrogen and oxygen atoms in total. The Labute approximate surface area is 130 Å². The Morgan fingerprint density at radius 2 is 1.86 bits per heavy atom. The van der Waals surface area contributed by atoms with E-state index in [1.165, 1.54) is 0 Å². The molecule has 0 bridgehead atoms. The molecule has 0 saturated carbocycles. The summed E-state index contributed by atoms with van der Waals surface area (Å²) in [5.74, 6) is 0.717. The third-order valence-electron chi connectivity index (χ3n) is 3.42. The van der Waals surface area contributed by atoms with Gasteiger partial charge in [0.25, 0.3) is 0 Å². The fraction of sp³-hybridized carbons (Fsp3) is 0.250. The lowest BCUT2D eigenvalue weighted by Gasteiger charge is -2.22. The molecule has 1 aliphatic carbocycles. The van der Waals surface area contributed by atoms with Gasteiger partial charge < -0.3 is 4.74 Å². The van der Waals surface area contributed by atoms with Crippen molar-refractivity contribution in [3.63, 3.8) is 0 Å². The maximum atomic E-state index is 12.7. The molecule has 0 spiro atoms. The normalized spacial score (nSPS) is 20.9. The minimum atomic E-state index is -0.766. The summed E-state index contributed by atoms with van der Waals surface area (Å²) in [5.41, 5.74) is 1.23. The van der Waals surface area contributed by atoms with E-state index in [0.29, 0.717) is 39.7 Å². The van der Waals surface area contributed by atoms with Crippen molar-refractivity contribution < 1.29 is 14.3 Å². The third kappa shape index (κ3) is 2.32. The lowest BCUT2D eigenvalue weighted by atomic mass is 9.88. The smallest absolute Gasteiger partial charge is 0.243 e. The van der Waals surface area contributed by atoms with Gasteiger partial charge in [0, 0.05) is 17.2 Å². The Morgan fingerprint density at radius 1 is 1.19 bits per heavy atom. The number of fused-ring (bicyclic) bond motifs is 1. The van der Waals surface area contributed by atoms with Gasteiger partial charge in [0.15, 0.2) is 16.4 Å². The van der Waals surface area contributed by atoms with E-state index in [1.807, 2.05) is 13.0 Å². The summed E-state index contributed by atoms with van der Waals surface area (Å²) >= 11 is 0. The van der Waals surface area contributed by atoms with Gasteiger partial charge in [0.05, 0.1) is 6.61 Å². The highest BCUT2D eigenvalue weighted by Crippen LogP contribution is 2.38. The van der Waals surface area contributed by atoms with E-state index in [1.54, 1.807) is 24.3 Å². The Kier molecular flexibility index (Phi) is 3.91. The first kappa shape index (κ1) is 14.4. The van der Waals surface area contributed by atoms with Gasteiger partial charge in [-0.2, -0.15) is 0 Å². The number of benzene rings is 1. The second-order valence-electron chi connectivity index (χ2n) is 4.82. The topological polar surface area (TPSA) is 43.4 Å². The molecule has 1 unspecified atom stereocenters. The van der Waals surface area contributed by atoms with Crippen LogP contribution in [0.3, 0.4) is 0 Å². The van der Waals surface area contributed by atoms with Crippen LogP contribution < -0.4 is 0 Å². The zero-order chi connectivity index (χ0) is 15.0. The van der Waals surface area contributed by atoms with E-state index in [4.69, 9.17) is 15.4 Å². The average Bonchev–Trinajstić information content (AvgIpc) is 2.51. The number of carbonyl (C=O) groups is 2. The summed E-state index contributed by atoms with van der Waals surface area (Å²) in [6.45, 7) is 2.51. The third-order valence-corrected chi connectivity index (χ3v) is 5.55. The largest absolute Gasteiger partial charge is 0.493 e. The van der Waals surface area contributed by atoms with Gasteiger partial charge in [0.1, 0.15) is 21.4 Å². The van der Waals surface area contributed by atoms with E-state index in [0.717, 1.165) is 6.42 Å². The van der Waals surface area contributed by atoms with Gasteiger partial charge in [-0.25, -0.2) is 0 Å². The number of ether oxygens (including phenoxy) is 1. The molecular formula is C16H14ClO3S+. The predicted octanol–water partition coefficient (Wildman–Crippen LogP) is 3.42. The maximum Gasteiger partial charge on any atom is 0.243 e. The van der Waals surface area contributed by atoms with Crippen molar-refractivity contribution in [1.82, 2.24) is 0 Å². The van der Waals surface area contributed by atoms with Crippen LogP contribution in [0.5, 0.6) is 0 Å². The number of carbonyl (C=O) groups excluding carboxylic acids is 2. The summed E-state index contributed by atoms with van der Waals surface area (Å²) in [5, 5.41) is 0. The Morgan fingerprint density at radius 3 is 2.52 bits per heavy atom. The number of rotatable bonds is 3. The Hall–Kier alpha value is -1.52. The molecule has 0 fully saturated rings. The van der Waals surface area contributed by atoms with Crippen molar-refractivity contribution in [2.24, 2.45) is 0 Å². The van der Waals surface area contributed by atoms with Gasteiger partial charge in [0.2, 0.25) is 16.5 Å². The van der Waals surface area contributed by atoms with Gasteiger partial charge in [-0.15, -0.1) is 0 Å². The van der Waals surface area contributed by atoms with Crippen LogP contribution in [0.25, 0.3) is 0 Å². The Bertz CT molecular complexity index is 691. The highest BCUT2D eigenvalue weighted by atomic mass is 35.7. The zero-order valence-electron chi connectivity index (χ0n) is 11.5. The number of allylic oxidation sites excluding steroid dienone is 2. The lowest BCUT2D eigenvalue weighted by molar-refractivity contribution is 0.0970. The number of Topliss-reactive ketones (excluding diaryl/α,β-unsaturated/α-hetero) is 2. The SMILES string of the molecule is CCCOC1=CC[S+](Cl)C2=C1C(=O)c1ccccc1C2=O. The van der Waals surface area contributed by atoms with E-state index in [9.17, 15) is 9.59 Å². The summed E-state index contributed by atoms with van der Waals surface area (Å²) in [4.78, 5) is 25.8. The second kappa shape index (κ2) is 5.70. The molecule has 3 rings (SSSR count). The molecule has 0 saturated heterocycles. The molecule has 5 heteroatoms. The van der Waals surface area contributed by atoms with Crippen LogP contribution in [0, 0.1) is 0 Å². The number of hydrogen-bond donors (Lipinski definition) is 0. The predicted molar refractivity (Wildman–Crippen MR) is 84.5 cm³/mol. The van der Waals surface area contributed by atoms with Crippen LogP contribution in [-0.2, 0) is 14.8 Å². The first-order chi connectivity index (χ1) is 10.1. The van der Waals surface area contributed by atoms with Crippen molar-refractivity contribution in [2.75, 3.05) is 12.4 Å². The quantitative estimate of drug-likeness (QED) is 0.801. The highest BCUT2D eigenvalue weighted by molar-refractivity contribution is 8.22. The molecule has 1 heterocycles. The van der Waals surface area contributed by atoms with E-state index < -0.39 is 10.1 Å². The number of ketones is 2. The van der Waals surface area contributed by atoms with E-state index in [-0.39, 0.29) is 11.6 Å². The molecule has 2 aliphatic rings. The summed E-state index contributed by atoms with van der Waals surface area (Å²) in [6, 6.07) is 6.88. The molecular weight excluding hydrogens is 308 g/mol. The lowest BCUT2D eigenvalue weighted by Crippen LogP contribution is -2.29. The maximum absolute atomic E-state index is 12.7. The molecule has 0 aromatic heterocycles. The molecule has 1 aliphatic heterocycles. The fourth-order valence-electron chi connectivity index (χ4n) is 2.47. The fourth-order valence-corrected chi connectivity index (χ4v) is 4.29. The van der Waals surface area contributed by atoms with Crippen molar-refractivity contribution in [2.45, 2.75) is 13.3 Å². The van der Waals surface area contributed by atoms with Gasteiger partial charge in [-0.05, 0) is 6.42 Å². The van der Waals surface area contributed by atoms with Crippen molar-refractivity contribution >= 4 is 32.4 Å². The van der Waals surface area contributed by atoms with Crippen molar-refractivity contribution in [3.8, 4) is 0 Å². The summed E-state index contributed by atoms with van der Waals surface area (Å²) < 4.78 is 5.66. The minimum Gasteiger partial charge on any atom is -0.493 e. The molecule has 1 aromatic carbocycles. The zero-order valence-corrected chi connectivity index (χ0v) is 13.1. The van der Waals surface area contributed by atoms with Crippen molar-refractivity contribution in [3.05, 3.63) is 57.7 Å². The van der Waals surface area contributed by atoms with Crippen molar-refractivity contribution in [1.29, 1.82) is 0 Å². The molecule has 1 atom stereocenters. The highest BCUT2D eigenvalue weighted by Gasteiger charge is 2.46. The van der Waals surface area contributed by atoms with Crippen LogP contribution in [0.4, 0.5) is 0 Å². The second-order valence-corrected chi connectivity index (χ2v) is 7.34. The molecule has 0 N–H and O–H groups in total. The van der Waals surface area contributed by atoms with Gasteiger partial charge in [-0.1, -0.05) is 31.2 Å². The van der Waals surface area contributed by atoms with Crippen LogP contribution in [-0.4, -0.2) is 23.9 Å². The van der Waals surface area contributed by atoms with Crippen LogP contribution in [0.15, 0.2) is 46.6 Å². The first-order valence-corrected chi connectivity index (χ1v) is 9.00. The van der Waals surface area contributed by atoms with Crippen LogP contribution in [0.1, 0.15) is 34.1 Å². The summed E-state index contributed by atoms with van der Waals surface area (Å²) in [7, 11) is 5.55. The molecule has 108 valence electrons. The minimum absolute atomic E-state index is 0.149. The molecule has 1 aromatic rings. The van der Waals surface area contributed by atoms with Gasteiger partial charge in [-0.3, -0.25) is 9.59 Å².